The Kier molecular flexibility index (Phi) is 4.89. The molecule has 0 spiro atoms. The van der Waals surface area contributed by atoms with Gasteiger partial charge >= 0.3 is 0 Å². The van der Waals surface area contributed by atoms with E-state index in [4.69, 9.17) is 34.7 Å². The first-order chi connectivity index (χ1) is 13.9. The Morgan fingerprint density at radius 3 is 2.41 bits per heavy atom. The van der Waals surface area contributed by atoms with Crippen LogP contribution in [-0.4, -0.2) is 10.8 Å². The Hall–Kier alpha value is -3.11. The zero-order valence-corrected chi connectivity index (χ0v) is 17.1. The molecular weight excluding hydrogens is 427 g/mol. The number of aromatic nitrogens is 1. The molecule has 4 N–H and O–H groups in total. The number of hydrogen-bond acceptors (Lipinski definition) is 6. The van der Waals surface area contributed by atoms with Crippen molar-refractivity contribution in [3.63, 3.8) is 0 Å². The number of nitriles is 1. The molecule has 0 bridgehead atoms. The number of nitrogens with two attached hydrogens (primary N) is 2. The Morgan fingerprint density at radius 1 is 1.07 bits per heavy atom. The second-order valence-corrected chi connectivity index (χ2v) is 8.04. The first-order valence-electron chi connectivity index (χ1n) is 8.39. The van der Waals surface area contributed by atoms with Crippen LogP contribution >= 0.6 is 34.5 Å². The summed E-state index contributed by atoms with van der Waals surface area (Å²) in [6.07, 6.45) is 0. The van der Waals surface area contributed by atoms with E-state index in [1.807, 2.05) is 0 Å². The number of pyridine rings is 1. The molecule has 0 aliphatic carbocycles. The number of halogens is 2. The van der Waals surface area contributed by atoms with Gasteiger partial charge in [-0.25, -0.2) is 4.98 Å². The van der Waals surface area contributed by atoms with Crippen LogP contribution in [0.1, 0.15) is 20.8 Å². The minimum absolute atomic E-state index is 0.0571. The number of carbonyl (C=O) groups is 1. The monoisotopic (exact) mass is 438 g/mol. The van der Waals surface area contributed by atoms with Crippen LogP contribution in [0, 0.1) is 11.3 Å². The summed E-state index contributed by atoms with van der Waals surface area (Å²) in [5.41, 5.74) is 14.4. The molecule has 8 heteroatoms. The summed E-state index contributed by atoms with van der Waals surface area (Å²) in [5, 5.41) is 11.1. The summed E-state index contributed by atoms with van der Waals surface area (Å²) < 4.78 is 0. The fourth-order valence-electron chi connectivity index (χ4n) is 3.12. The van der Waals surface area contributed by atoms with Gasteiger partial charge < -0.3 is 11.5 Å². The van der Waals surface area contributed by atoms with Crippen molar-refractivity contribution in [1.29, 1.82) is 5.26 Å². The minimum Gasteiger partial charge on any atom is -0.397 e. The average Bonchev–Trinajstić information content (AvgIpc) is 3.03. The van der Waals surface area contributed by atoms with Gasteiger partial charge in [0, 0.05) is 32.1 Å². The summed E-state index contributed by atoms with van der Waals surface area (Å²) in [6, 6.07) is 15.7. The lowest BCUT2D eigenvalue weighted by atomic mass is 9.96. The lowest BCUT2D eigenvalue weighted by molar-refractivity contribution is 0.104. The van der Waals surface area contributed by atoms with Crippen molar-refractivity contribution in [3.8, 4) is 17.2 Å². The highest BCUT2D eigenvalue weighted by molar-refractivity contribution is 7.21. The predicted molar refractivity (Wildman–Crippen MR) is 118 cm³/mol. The zero-order valence-electron chi connectivity index (χ0n) is 14.7. The van der Waals surface area contributed by atoms with E-state index in [9.17, 15) is 10.1 Å². The number of thiophene rings is 1. The SMILES string of the molecule is N#Cc1c(N)nc2sc(C(=O)c3ccc(Cl)cc3)c(N)c2c1-c1ccccc1Cl. The van der Waals surface area contributed by atoms with Gasteiger partial charge in [0.2, 0.25) is 5.78 Å². The normalized spacial score (nSPS) is 10.8. The molecule has 0 aliphatic rings. The Morgan fingerprint density at radius 2 is 1.76 bits per heavy atom. The van der Waals surface area contributed by atoms with Gasteiger partial charge in [-0.2, -0.15) is 5.26 Å². The molecule has 0 saturated heterocycles. The van der Waals surface area contributed by atoms with Gasteiger partial charge in [0.1, 0.15) is 27.2 Å². The lowest BCUT2D eigenvalue weighted by Gasteiger charge is -2.11. The molecule has 5 nitrogen and oxygen atoms in total. The van der Waals surface area contributed by atoms with E-state index < -0.39 is 0 Å². The quantitative estimate of drug-likeness (QED) is 0.408. The van der Waals surface area contributed by atoms with Gasteiger partial charge in [-0.1, -0.05) is 41.4 Å². The molecule has 0 unspecified atom stereocenters. The smallest absolute Gasteiger partial charge is 0.205 e. The first kappa shape index (κ1) is 19.2. The molecule has 4 aromatic rings. The van der Waals surface area contributed by atoms with Gasteiger partial charge in [-0.3, -0.25) is 4.79 Å². The van der Waals surface area contributed by atoms with Crippen LogP contribution in [0.5, 0.6) is 0 Å². The number of carbonyl (C=O) groups excluding carboxylic acids is 1. The number of nitrogens with zero attached hydrogens (tertiary/aromatic N) is 2. The molecule has 2 aromatic heterocycles. The maximum absolute atomic E-state index is 13.0. The van der Waals surface area contributed by atoms with Crippen molar-refractivity contribution in [3.05, 3.63) is 74.6 Å². The van der Waals surface area contributed by atoms with E-state index in [0.717, 1.165) is 11.3 Å². The molecule has 0 radical (unpaired) electrons. The molecule has 29 heavy (non-hydrogen) atoms. The van der Waals surface area contributed by atoms with E-state index in [-0.39, 0.29) is 22.9 Å². The summed E-state index contributed by atoms with van der Waals surface area (Å²) >= 11 is 13.4. The second kappa shape index (κ2) is 7.37. The third kappa shape index (κ3) is 3.19. The highest BCUT2D eigenvalue weighted by atomic mass is 35.5. The Labute approximate surface area is 180 Å². The largest absolute Gasteiger partial charge is 0.397 e. The standard InChI is InChI=1S/C21H12Cl2N4OS/c22-11-7-5-10(6-8-11)18(28)19-17(25)16-15(12-3-1-2-4-14(12)23)13(9-24)20(26)27-21(16)29-19/h1-8H,25H2,(H2,26,27). The number of anilines is 2. The fraction of sp³-hybridized carbons (Fsp3) is 0. The third-order valence-corrected chi connectivity index (χ3v) is 6.15. The number of fused-ring (bicyclic) bond motifs is 1. The maximum Gasteiger partial charge on any atom is 0.205 e. The van der Waals surface area contributed by atoms with Crippen LogP contribution in [0.4, 0.5) is 11.5 Å². The maximum atomic E-state index is 13.0. The fourth-order valence-corrected chi connectivity index (χ4v) is 4.55. The summed E-state index contributed by atoms with van der Waals surface area (Å²) in [7, 11) is 0. The van der Waals surface area contributed by atoms with Gasteiger partial charge in [-0.05, 0) is 30.3 Å². The van der Waals surface area contributed by atoms with Gasteiger partial charge in [0.15, 0.2) is 0 Å². The molecule has 2 heterocycles. The van der Waals surface area contributed by atoms with Crippen molar-refractivity contribution < 1.29 is 4.79 Å². The summed E-state index contributed by atoms with van der Waals surface area (Å²) in [5.74, 6) is -0.203. The van der Waals surface area contributed by atoms with Crippen LogP contribution in [0.2, 0.25) is 10.0 Å². The first-order valence-corrected chi connectivity index (χ1v) is 9.96. The number of hydrogen-bond donors (Lipinski definition) is 2. The predicted octanol–water partition coefficient (Wildman–Crippen LogP) is 5.54. The molecular formula is C21H12Cl2N4OS. The zero-order chi connectivity index (χ0) is 20.7. The van der Waals surface area contributed by atoms with Gasteiger partial charge in [0.05, 0.1) is 5.69 Å². The van der Waals surface area contributed by atoms with E-state index >= 15 is 0 Å². The Bertz CT molecular complexity index is 1320. The van der Waals surface area contributed by atoms with Crippen LogP contribution in [0.15, 0.2) is 48.5 Å². The van der Waals surface area contributed by atoms with Crippen LogP contribution in [-0.2, 0) is 0 Å². The van der Waals surface area contributed by atoms with Crippen molar-refractivity contribution >= 4 is 62.0 Å². The van der Waals surface area contributed by atoms with Crippen LogP contribution in [0.25, 0.3) is 21.3 Å². The van der Waals surface area contributed by atoms with Crippen LogP contribution in [0.3, 0.4) is 0 Å². The molecule has 0 aliphatic heterocycles. The van der Waals surface area contributed by atoms with E-state index in [2.05, 4.69) is 11.1 Å². The average molecular weight is 439 g/mol. The highest BCUT2D eigenvalue weighted by Crippen LogP contribution is 2.44. The summed E-state index contributed by atoms with van der Waals surface area (Å²) in [6.45, 7) is 0. The molecule has 142 valence electrons. The van der Waals surface area contributed by atoms with Crippen LogP contribution < -0.4 is 11.5 Å². The highest BCUT2D eigenvalue weighted by Gasteiger charge is 2.25. The van der Waals surface area contributed by atoms with E-state index in [1.165, 1.54) is 0 Å². The third-order valence-electron chi connectivity index (χ3n) is 4.47. The van der Waals surface area contributed by atoms with Crippen molar-refractivity contribution in [2.45, 2.75) is 0 Å². The van der Waals surface area contributed by atoms with E-state index in [1.54, 1.807) is 48.5 Å². The number of rotatable bonds is 3. The molecule has 0 fully saturated rings. The number of benzene rings is 2. The molecule has 2 aromatic carbocycles. The number of ketones is 1. The van der Waals surface area contributed by atoms with Crippen molar-refractivity contribution in [2.75, 3.05) is 11.5 Å². The lowest BCUT2D eigenvalue weighted by Crippen LogP contribution is -2.02. The number of nitrogen functional groups attached to an aromatic ring is 2. The van der Waals surface area contributed by atoms with Gasteiger partial charge in [-0.15, -0.1) is 11.3 Å². The molecule has 0 saturated carbocycles. The molecule has 4 rings (SSSR count). The Balaban J connectivity index is 2.03. The summed E-state index contributed by atoms with van der Waals surface area (Å²) in [4.78, 5) is 18.1. The minimum atomic E-state index is -0.260. The van der Waals surface area contributed by atoms with Gasteiger partial charge in [0.25, 0.3) is 0 Å². The van der Waals surface area contributed by atoms with Crippen molar-refractivity contribution in [1.82, 2.24) is 4.98 Å². The second-order valence-electron chi connectivity index (χ2n) is 6.20. The van der Waals surface area contributed by atoms with E-state index in [0.29, 0.717) is 41.8 Å². The van der Waals surface area contributed by atoms with Crippen molar-refractivity contribution in [2.24, 2.45) is 0 Å². The molecule has 0 amide bonds. The topological polar surface area (TPSA) is 106 Å². The molecule has 0 atom stereocenters.